The maximum absolute atomic E-state index is 13.0. The number of likely N-dealkylation sites (N-methyl/N-ethyl adjacent to an activating group) is 1. The van der Waals surface area contributed by atoms with Gasteiger partial charge >= 0.3 is 6.18 Å². The van der Waals surface area contributed by atoms with E-state index in [1.165, 1.54) is 25.1 Å². The van der Waals surface area contributed by atoms with Crippen LogP contribution >= 0.6 is 0 Å². The Morgan fingerprint density at radius 1 is 1.10 bits per heavy atom. The summed E-state index contributed by atoms with van der Waals surface area (Å²) >= 11 is 0. The van der Waals surface area contributed by atoms with Crippen molar-refractivity contribution in [3.63, 3.8) is 0 Å². The molecule has 0 saturated carbocycles. The molecule has 0 N–H and O–H groups in total. The third-order valence-corrected chi connectivity index (χ3v) is 5.31. The van der Waals surface area contributed by atoms with Crippen molar-refractivity contribution < 1.29 is 31.1 Å². The van der Waals surface area contributed by atoms with Crippen molar-refractivity contribution in [1.82, 2.24) is 4.90 Å². The first-order chi connectivity index (χ1) is 13.4. The number of anilines is 1. The summed E-state index contributed by atoms with van der Waals surface area (Å²) in [5.41, 5.74) is -0.532. The van der Waals surface area contributed by atoms with Crippen LogP contribution in [0.2, 0.25) is 0 Å². The van der Waals surface area contributed by atoms with Gasteiger partial charge in [0.05, 0.1) is 24.6 Å². The van der Waals surface area contributed by atoms with Crippen molar-refractivity contribution in [3.05, 3.63) is 59.7 Å². The lowest BCUT2D eigenvalue weighted by atomic mass is 10.2. The molecule has 0 aliphatic rings. The molecule has 0 fully saturated rings. The van der Waals surface area contributed by atoms with Crippen LogP contribution in [0, 0.1) is 0 Å². The van der Waals surface area contributed by atoms with Crippen molar-refractivity contribution in [2.45, 2.75) is 12.7 Å². The molecule has 1 amide bonds. The highest BCUT2D eigenvalue weighted by atomic mass is 32.2. The first kappa shape index (κ1) is 22.5. The van der Waals surface area contributed by atoms with Crippen LogP contribution in [0.1, 0.15) is 11.1 Å². The Bertz CT molecular complexity index is 977. The molecule has 2 rings (SSSR count). The van der Waals surface area contributed by atoms with Gasteiger partial charge in [-0.25, -0.2) is 8.42 Å². The molecular weight excluding hydrogens is 409 g/mol. The van der Waals surface area contributed by atoms with Gasteiger partial charge in [0.1, 0.15) is 12.3 Å². The van der Waals surface area contributed by atoms with Gasteiger partial charge < -0.3 is 9.64 Å². The van der Waals surface area contributed by atoms with Gasteiger partial charge in [-0.2, -0.15) is 13.2 Å². The number of methoxy groups -OCH3 is 1. The minimum absolute atomic E-state index is 0.142. The molecule has 0 aromatic heterocycles. The molecule has 0 aliphatic heterocycles. The smallest absolute Gasteiger partial charge is 0.416 e. The highest BCUT2D eigenvalue weighted by Gasteiger charge is 2.32. The number of hydrogen-bond acceptors (Lipinski definition) is 4. The van der Waals surface area contributed by atoms with E-state index in [0.717, 1.165) is 18.4 Å². The zero-order valence-corrected chi connectivity index (χ0v) is 16.9. The first-order valence-electron chi connectivity index (χ1n) is 8.44. The fourth-order valence-electron chi connectivity index (χ4n) is 2.66. The van der Waals surface area contributed by atoms with E-state index in [4.69, 9.17) is 4.74 Å². The summed E-state index contributed by atoms with van der Waals surface area (Å²) in [7, 11) is -1.04. The number of amides is 1. The average molecular weight is 430 g/mol. The Morgan fingerprint density at radius 2 is 1.76 bits per heavy atom. The number of nitrogens with zero attached hydrogens (tertiary/aromatic N) is 2. The quantitative estimate of drug-likeness (QED) is 0.677. The number of rotatable bonds is 7. The second kappa shape index (κ2) is 8.73. The molecule has 158 valence electrons. The van der Waals surface area contributed by atoms with E-state index in [1.807, 2.05) is 0 Å². The van der Waals surface area contributed by atoms with E-state index in [9.17, 15) is 26.4 Å². The van der Waals surface area contributed by atoms with E-state index in [1.54, 1.807) is 24.3 Å². The van der Waals surface area contributed by atoms with Gasteiger partial charge in [0, 0.05) is 19.2 Å². The number of alkyl halides is 3. The van der Waals surface area contributed by atoms with Gasteiger partial charge in [-0.05, 0) is 24.3 Å². The van der Waals surface area contributed by atoms with E-state index in [-0.39, 0.29) is 12.2 Å². The first-order valence-corrected chi connectivity index (χ1v) is 10.3. The Morgan fingerprint density at radius 3 is 2.34 bits per heavy atom. The van der Waals surface area contributed by atoms with Crippen molar-refractivity contribution in [1.29, 1.82) is 0 Å². The molecule has 0 bridgehead atoms. The lowest BCUT2D eigenvalue weighted by Gasteiger charge is -2.26. The van der Waals surface area contributed by atoms with Crippen LogP contribution in [0.4, 0.5) is 18.9 Å². The van der Waals surface area contributed by atoms with Crippen LogP contribution in [0.3, 0.4) is 0 Å². The van der Waals surface area contributed by atoms with Gasteiger partial charge in [0.15, 0.2) is 0 Å². The van der Waals surface area contributed by atoms with Crippen LogP contribution in [-0.2, 0) is 27.5 Å². The minimum Gasteiger partial charge on any atom is -0.496 e. The molecule has 2 aromatic carbocycles. The maximum atomic E-state index is 13.0. The standard InChI is InChI=1S/C19H21F3N2O4S/c1-23(12-14-7-4-5-10-17(14)28-2)18(25)13-24(29(3,26)27)16-9-6-8-15(11-16)19(20,21)22/h4-11H,12-13H2,1-3H3. The Kier molecular flexibility index (Phi) is 6.78. The number of halogens is 3. The summed E-state index contributed by atoms with van der Waals surface area (Å²) in [5, 5.41) is 0. The van der Waals surface area contributed by atoms with E-state index in [2.05, 4.69) is 0 Å². The Balaban J connectivity index is 2.26. The zero-order chi connectivity index (χ0) is 21.8. The van der Waals surface area contributed by atoms with Gasteiger partial charge in [-0.3, -0.25) is 9.10 Å². The molecule has 0 radical (unpaired) electrons. The summed E-state index contributed by atoms with van der Waals surface area (Å²) in [6.07, 6.45) is -3.80. The Hall–Kier alpha value is -2.75. The lowest BCUT2D eigenvalue weighted by molar-refractivity contribution is -0.137. The predicted octanol–water partition coefficient (Wildman–Crippen LogP) is 3.14. The topological polar surface area (TPSA) is 66.9 Å². The van der Waals surface area contributed by atoms with Crippen LogP contribution < -0.4 is 9.04 Å². The van der Waals surface area contributed by atoms with Crippen molar-refractivity contribution in [2.24, 2.45) is 0 Å². The van der Waals surface area contributed by atoms with Crippen LogP contribution in [0.5, 0.6) is 5.75 Å². The number of carbonyl (C=O) groups excluding carboxylic acids is 1. The molecule has 6 nitrogen and oxygen atoms in total. The van der Waals surface area contributed by atoms with Gasteiger partial charge in [-0.1, -0.05) is 24.3 Å². The molecule has 0 saturated heterocycles. The van der Waals surface area contributed by atoms with Crippen LogP contribution in [0.15, 0.2) is 48.5 Å². The van der Waals surface area contributed by atoms with Crippen molar-refractivity contribution >= 4 is 21.6 Å². The van der Waals surface area contributed by atoms with Crippen molar-refractivity contribution in [3.8, 4) is 5.75 Å². The SMILES string of the molecule is COc1ccccc1CN(C)C(=O)CN(c1cccc(C(F)(F)F)c1)S(C)(=O)=O. The van der Waals surface area contributed by atoms with Crippen LogP contribution in [-0.4, -0.2) is 46.2 Å². The van der Waals surface area contributed by atoms with E-state index < -0.39 is 34.2 Å². The monoisotopic (exact) mass is 430 g/mol. The Labute approximate surface area is 167 Å². The number of benzene rings is 2. The number of ether oxygens (including phenoxy) is 1. The summed E-state index contributed by atoms with van der Waals surface area (Å²) in [5.74, 6) is -0.0243. The molecule has 0 atom stereocenters. The van der Waals surface area contributed by atoms with Crippen LogP contribution in [0.25, 0.3) is 0 Å². The van der Waals surface area contributed by atoms with E-state index in [0.29, 0.717) is 21.7 Å². The summed E-state index contributed by atoms with van der Waals surface area (Å²) in [6.45, 7) is -0.491. The number of carbonyl (C=O) groups is 1. The average Bonchev–Trinajstić information content (AvgIpc) is 2.64. The van der Waals surface area contributed by atoms with Gasteiger partial charge in [0.2, 0.25) is 15.9 Å². The molecular formula is C19H21F3N2O4S. The molecule has 0 spiro atoms. The second-order valence-electron chi connectivity index (χ2n) is 6.38. The molecule has 0 aliphatic carbocycles. The van der Waals surface area contributed by atoms with Gasteiger partial charge in [0.25, 0.3) is 0 Å². The number of hydrogen-bond donors (Lipinski definition) is 0. The van der Waals surface area contributed by atoms with Crippen molar-refractivity contribution in [2.75, 3.05) is 31.3 Å². The predicted molar refractivity (Wildman–Crippen MR) is 103 cm³/mol. The largest absolute Gasteiger partial charge is 0.496 e. The zero-order valence-electron chi connectivity index (χ0n) is 16.1. The second-order valence-corrected chi connectivity index (χ2v) is 8.29. The lowest BCUT2D eigenvalue weighted by Crippen LogP contribution is -2.41. The third kappa shape index (κ3) is 5.86. The number of para-hydroxylation sites is 1. The summed E-state index contributed by atoms with van der Waals surface area (Å²) < 4.78 is 69.1. The third-order valence-electron chi connectivity index (χ3n) is 4.17. The fourth-order valence-corrected chi connectivity index (χ4v) is 3.50. The molecule has 0 heterocycles. The molecule has 29 heavy (non-hydrogen) atoms. The van der Waals surface area contributed by atoms with E-state index >= 15 is 0 Å². The minimum atomic E-state index is -4.64. The van der Waals surface area contributed by atoms with Gasteiger partial charge in [-0.15, -0.1) is 0 Å². The highest BCUT2D eigenvalue weighted by Crippen LogP contribution is 2.32. The molecule has 0 unspecified atom stereocenters. The summed E-state index contributed by atoms with van der Waals surface area (Å²) in [6, 6.07) is 10.9. The normalized spacial score (nSPS) is 11.8. The molecule has 10 heteroatoms. The highest BCUT2D eigenvalue weighted by molar-refractivity contribution is 7.92. The molecule has 2 aromatic rings. The number of sulfonamides is 1. The maximum Gasteiger partial charge on any atom is 0.416 e. The fraction of sp³-hybridized carbons (Fsp3) is 0.316. The summed E-state index contributed by atoms with van der Waals surface area (Å²) in [4.78, 5) is 13.9.